The van der Waals surface area contributed by atoms with Crippen molar-refractivity contribution >= 4 is 0 Å². The molecule has 0 atom stereocenters. The molecule has 0 aliphatic carbocycles. The lowest BCUT2D eigenvalue weighted by atomic mass is 10.2. The highest BCUT2D eigenvalue weighted by atomic mass is 16.3. The van der Waals surface area contributed by atoms with Gasteiger partial charge in [0.15, 0.2) is 0 Å². The second-order valence-electron chi connectivity index (χ2n) is 1.87. The van der Waals surface area contributed by atoms with Crippen LogP contribution in [-0.4, -0.2) is 5.11 Å². The van der Waals surface area contributed by atoms with Crippen molar-refractivity contribution < 1.29 is 5.11 Å². The zero-order valence-corrected chi connectivity index (χ0v) is 6.17. The van der Waals surface area contributed by atoms with Gasteiger partial charge >= 0.3 is 0 Å². The lowest BCUT2D eigenvalue weighted by Gasteiger charge is -1.92. The maximum absolute atomic E-state index is 9.12. The second-order valence-corrected chi connectivity index (χ2v) is 1.87. The van der Waals surface area contributed by atoms with E-state index in [-0.39, 0.29) is 5.76 Å². The molecule has 1 heteroatoms. The first-order valence-electron chi connectivity index (χ1n) is 3.03. The Balaban J connectivity index is 4.31. The molecule has 0 saturated carbocycles. The summed E-state index contributed by atoms with van der Waals surface area (Å²) in [6.45, 7) is 8.77. The van der Waals surface area contributed by atoms with Crippen LogP contribution in [0.2, 0.25) is 0 Å². The van der Waals surface area contributed by atoms with Gasteiger partial charge in [-0.2, -0.15) is 0 Å². The molecule has 0 aliphatic rings. The molecule has 0 spiro atoms. The van der Waals surface area contributed by atoms with E-state index in [9.17, 15) is 0 Å². The zero-order chi connectivity index (χ0) is 7.98. The minimum Gasteiger partial charge on any atom is -0.508 e. The maximum Gasteiger partial charge on any atom is 0.118 e. The Morgan fingerprint density at radius 1 is 1.40 bits per heavy atom. The topological polar surface area (TPSA) is 20.2 Å². The summed E-state index contributed by atoms with van der Waals surface area (Å²) in [5.74, 6) is 0.231. The number of hydrogen-bond acceptors (Lipinski definition) is 1. The fourth-order valence-corrected chi connectivity index (χ4v) is 0.395. The van der Waals surface area contributed by atoms with Crippen molar-refractivity contribution in [2.24, 2.45) is 0 Å². The predicted octanol–water partition coefficient (Wildman–Crippen LogP) is 2.75. The highest BCUT2D eigenvalue weighted by molar-refractivity contribution is 5.26. The highest BCUT2D eigenvalue weighted by Crippen LogP contribution is 2.01. The average Bonchev–Trinajstić information content (AvgIpc) is 1.98. The molecule has 0 aromatic rings. The van der Waals surface area contributed by atoms with Crippen LogP contribution in [0.5, 0.6) is 0 Å². The lowest BCUT2D eigenvalue weighted by molar-refractivity contribution is 0.427. The SMILES string of the molecule is C=C/C=C\C(O)=C(\C)C=C. The summed E-state index contributed by atoms with van der Waals surface area (Å²) >= 11 is 0. The maximum atomic E-state index is 9.12. The lowest BCUT2D eigenvalue weighted by Crippen LogP contribution is -1.77. The van der Waals surface area contributed by atoms with Crippen LogP contribution >= 0.6 is 0 Å². The van der Waals surface area contributed by atoms with E-state index in [4.69, 9.17) is 5.11 Å². The average molecular weight is 136 g/mol. The van der Waals surface area contributed by atoms with Gasteiger partial charge in [0.25, 0.3) is 0 Å². The summed E-state index contributed by atoms with van der Waals surface area (Å²) in [6.07, 6.45) is 6.45. The van der Waals surface area contributed by atoms with Gasteiger partial charge in [0.2, 0.25) is 0 Å². The van der Waals surface area contributed by atoms with Gasteiger partial charge in [0.05, 0.1) is 0 Å². The first-order chi connectivity index (χ1) is 4.72. The van der Waals surface area contributed by atoms with Gasteiger partial charge in [-0.25, -0.2) is 0 Å². The molecule has 0 amide bonds. The van der Waals surface area contributed by atoms with Crippen LogP contribution in [0.15, 0.2) is 48.8 Å². The Morgan fingerprint density at radius 3 is 2.40 bits per heavy atom. The number of hydrogen-bond donors (Lipinski definition) is 1. The molecule has 1 N–H and O–H groups in total. The molecule has 0 fully saturated rings. The van der Waals surface area contributed by atoms with E-state index >= 15 is 0 Å². The summed E-state index contributed by atoms with van der Waals surface area (Å²) in [6, 6.07) is 0. The van der Waals surface area contributed by atoms with Crippen molar-refractivity contribution in [2.45, 2.75) is 6.92 Å². The van der Waals surface area contributed by atoms with Gasteiger partial charge in [-0.15, -0.1) is 0 Å². The highest BCUT2D eigenvalue weighted by Gasteiger charge is 1.87. The fourth-order valence-electron chi connectivity index (χ4n) is 0.395. The molecule has 0 radical (unpaired) electrons. The first kappa shape index (κ1) is 8.76. The van der Waals surface area contributed by atoms with Gasteiger partial charge in [-0.3, -0.25) is 0 Å². The molecule has 54 valence electrons. The van der Waals surface area contributed by atoms with E-state index in [1.807, 2.05) is 0 Å². The molecular weight excluding hydrogens is 124 g/mol. The van der Waals surface area contributed by atoms with Crippen LogP contribution in [0.25, 0.3) is 0 Å². The minimum absolute atomic E-state index is 0.231. The van der Waals surface area contributed by atoms with Crippen molar-refractivity contribution in [1.29, 1.82) is 0 Å². The molecule has 0 aromatic carbocycles. The quantitative estimate of drug-likeness (QED) is 0.467. The summed E-state index contributed by atoms with van der Waals surface area (Å²) in [7, 11) is 0. The fraction of sp³-hybridized carbons (Fsp3) is 0.111. The smallest absolute Gasteiger partial charge is 0.118 e. The predicted molar refractivity (Wildman–Crippen MR) is 44.9 cm³/mol. The van der Waals surface area contributed by atoms with Crippen LogP contribution in [-0.2, 0) is 0 Å². The van der Waals surface area contributed by atoms with E-state index in [1.165, 1.54) is 0 Å². The van der Waals surface area contributed by atoms with E-state index in [0.717, 1.165) is 5.57 Å². The van der Waals surface area contributed by atoms with Gasteiger partial charge in [-0.05, 0) is 18.6 Å². The molecule has 0 saturated heterocycles. The first-order valence-corrected chi connectivity index (χ1v) is 3.03. The Kier molecular flexibility index (Phi) is 4.05. The Morgan fingerprint density at radius 2 is 2.00 bits per heavy atom. The monoisotopic (exact) mass is 136 g/mol. The molecule has 0 rings (SSSR count). The molecular formula is C9H12O. The molecule has 0 bridgehead atoms. The van der Waals surface area contributed by atoms with Crippen molar-refractivity contribution in [3.63, 3.8) is 0 Å². The van der Waals surface area contributed by atoms with Crippen molar-refractivity contribution in [2.75, 3.05) is 0 Å². The van der Waals surface area contributed by atoms with Crippen LogP contribution in [0.3, 0.4) is 0 Å². The Hall–Kier alpha value is -1.24. The summed E-state index contributed by atoms with van der Waals surface area (Å²) in [5, 5.41) is 9.12. The summed E-state index contributed by atoms with van der Waals surface area (Å²) in [4.78, 5) is 0. The van der Waals surface area contributed by atoms with Crippen LogP contribution < -0.4 is 0 Å². The number of aliphatic hydroxyl groups is 1. The van der Waals surface area contributed by atoms with Crippen molar-refractivity contribution in [3.8, 4) is 0 Å². The van der Waals surface area contributed by atoms with Crippen molar-refractivity contribution in [3.05, 3.63) is 48.8 Å². The van der Waals surface area contributed by atoms with Crippen LogP contribution in [0, 0.1) is 0 Å². The number of aliphatic hydroxyl groups excluding tert-OH is 1. The minimum atomic E-state index is 0.231. The van der Waals surface area contributed by atoms with E-state index in [2.05, 4.69) is 13.2 Å². The third-order valence-corrected chi connectivity index (χ3v) is 1.10. The zero-order valence-electron chi connectivity index (χ0n) is 6.17. The van der Waals surface area contributed by atoms with Gasteiger partial charge < -0.3 is 5.11 Å². The Bertz CT molecular complexity index is 185. The van der Waals surface area contributed by atoms with Crippen LogP contribution in [0.4, 0.5) is 0 Å². The molecule has 10 heavy (non-hydrogen) atoms. The molecule has 0 unspecified atom stereocenters. The normalized spacial score (nSPS) is 12.9. The molecule has 0 aliphatic heterocycles. The number of rotatable bonds is 3. The Labute approximate surface area is 61.7 Å². The van der Waals surface area contributed by atoms with Crippen LogP contribution in [0.1, 0.15) is 6.92 Å². The van der Waals surface area contributed by atoms with E-state index < -0.39 is 0 Å². The number of allylic oxidation sites excluding steroid dienone is 5. The summed E-state index contributed by atoms with van der Waals surface area (Å²) < 4.78 is 0. The molecule has 0 aromatic heterocycles. The van der Waals surface area contributed by atoms with E-state index in [0.29, 0.717) is 0 Å². The molecule has 1 nitrogen and oxygen atoms in total. The largest absolute Gasteiger partial charge is 0.508 e. The van der Waals surface area contributed by atoms with E-state index in [1.54, 1.807) is 31.2 Å². The molecule has 0 heterocycles. The standard InChI is InChI=1S/C9H12O/c1-4-6-7-9(10)8(3)5-2/h4-7,10H,1-2H2,3H3/b7-6-,9-8+. The summed E-state index contributed by atoms with van der Waals surface area (Å²) in [5.41, 5.74) is 0.762. The second kappa shape index (κ2) is 4.62. The van der Waals surface area contributed by atoms with Gasteiger partial charge in [0.1, 0.15) is 5.76 Å². The van der Waals surface area contributed by atoms with Crippen molar-refractivity contribution in [1.82, 2.24) is 0 Å². The third kappa shape index (κ3) is 2.92. The van der Waals surface area contributed by atoms with Gasteiger partial charge in [-0.1, -0.05) is 31.4 Å². The van der Waals surface area contributed by atoms with Gasteiger partial charge in [0, 0.05) is 0 Å². The third-order valence-electron chi connectivity index (χ3n) is 1.10.